The minimum absolute atomic E-state index is 0.682. The van der Waals surface area contributed by atoms with Gasteiger partial charge in [-0.15, -0.1) is 0 Å². The Balaban J connectivity index is 2.27. The second-order valence-electron chi connectivity index (χ2n) is 4.69. The van der Waals surface area contributed by atoms with Gasteiger partial charge in [-0.25, -0.2) is 0 Å². The second-order valence-corrected chi connectivity index (χ2v) is 5.09. The lowest BCUT2D eigenvalue weighted by Gasteiger charge is -2.26. The highest BCUT2D eigenvalue weighted by Gasteiger charge is 2.15. The maximum atomic E-state index is 6.37. The minimum Gasteiger partial charge on any atom is -0.370 e. The molecule has 0 bridgehead atoms. The lowest BCUT2D eigenvalue weighted by molar-refractivity contribution is 0.726. The summed E-state index contributed by atoms with van der Waals surface area (Å²) in [6.07, 6.45) is 6.13. The van der Waals surface area contributed by atoms with Crippen LogP contribution in [0.3, 0.4) is 0 Å². The SMILES string of the molecule is NCCc1cccc(Cl)c1N1CCCCCC1. The van der Waals surface area contributed by atoms with Gasteiger partial charge in [0.05, 0.1) is 10.7 Å². The molecule has 94 valence electrons. The van der Waals surface area contributed by atoms with Gasteiger partial charge < -0.3 is 10.6 Å². The summed E-state index contributed by atoms with van der Waals surface area (Å²) >= 11 is 6.37. The van der Waals surface area contributed by atoms with E-state index in [1.165, 1.54) is 36.9 Å². The molecule has 1 aliphatic heterocycles. The van der Waals surface area contributed by atoms with E-state index in [9.17, 15) is 0 Å². The summed E-state index contributed by atoms with van der Waals surface area (Å²) < 4.78 is 0. The summed E-state index contributed by atoms with van der Waals surface area (Å²) in [7, 11) is 0. The number of rotatable bonds is 3. The monoisotopic (exact) mass is 252 g/mol. The van der Waals surface area contributed by atoms with E-state index in [-0.39, 0.29) is 0 Å². The Morgan fingerprint density at radius 2 is 1.82 bits per heavy atom. The molecule has 2 nitrogen and oxygen atoms in total. The van der Waals surface area contributed by atoms with E-state index in [0.717, 1.165) is 24.5 Å². The molecular weight excluding hydrogens is 232 g/mol. The normalized spacial score (nSPS) is 16.9. The van der Waals surface area contributed by atoms with Crippen molar-refractivity contribution in [3.05, 3.63) is 28.8 Å². The van der Waals surface area contributed by atoms with Gasteiger partial charge in [0.15, 0.2) is 0 Å². The molecule has 0 spiro atoms. The van der Waals surface area contributed by atoms with Gasteiger partial charge in [0.2, 0.25) is 0 Å². The summed E-state index contributed by atoms with van der Waals surface area (Å²) in [5, 5.41) is 0.873. The van der Waals surface area contributed by atoms with Crippen LogP contribution in [-0.2, 0) is 6.42 Å². The average molecular weight is 253 g/mol. The van der Waals surface area contributed by atoms with E-state index >= 15 is 0 Å². The first-order valence-corrected chi connectivity index (χ1v) is 6.93. The van der Waals surface area contributed by atoms with Crippen molar-refractivity contribution in [2.24, 2.45) is 5.73 Å². The fourth-order valence-electron chi connectivity index (χ4n) is 2.57. The molecule has 1 saturated heterocycles. The first-order chi connectivity index (χ1) is 8.33. The molecule has 0 atom stereocenters. The molecule has 1 aliphatic rings. The molecule has 3 heteroatoms. The highest BCUT2D eigenvalue weighted by molar-refractivity contribution is 6.33. The third kappa shape index (κ3) is 3.14. The van der Waals surface area contributed by atoms with Gasteiger partial charge >= 0.3 is 0 Å². The van der Waals surface area contributed by atoms with E-state index in [0.29, 0.717) is 6.54 Å². The van der Waals surface area contributed by atoms with Crippen molar-refractivity contribution >= 4 is 17.3 Å². The average Bonchev–Trinajstić information content (AvgIpc) is 2.58. The van der Waals surface area contributed by atoms with E-state index in [4.69, 9.17) is 17.3 Å². The van der Waals surface area contributed by atoms with Crippen molar-refractivity contribution in [3.8, 4) is 0 Å². The first kappa shape index (κ1) is 12.7. The Hall–Kier alpha value is -0.730. The summed E-state index contributed by atoms with van der Waals surface area (Å²) in [6.45, 7) is 2.93. The maximum Gasteiger partial charge on any atom is 0.0642 e. The van der Waals surface area contributed by atoms with Gasteiger partial charge in [-0.3, -0.25) is 0 Å². The predicted octanol–water partition coefficient (Wildman–Crippen LogP) is 3.22. The van der Waals surface area contributed by atoms with Crippen LogP contribution in [-0.4, -0.2) is 19.6 Å². The largest absolute Gasteiger partial charge is 0.370 e. The van der Waals surface area contributed by atoms with E-state index in [1.807, 2.05) is 12.1 Å². The predicted molar refractivity (Wildman–Crippen MR) is 74.9 cm³/mol. The maximum absolute atomic E-state index is 6.37. The van der Waals surface area contributed by atoms with Gasteiger partial charge in [-0.05, 0) is 37.4 Å². The zero-order valence-electron chi connectivity index (χ0n) is 10.3. The second kappa shape index (κ2) is 6.27. The quantitative estimate of drug-likeness (QED) is 0.895. The van der Waals surface area contributed by atoms with Crippen molar-refractivity contribution < 1.29 is 0 Å². The Labute approximate surface area is 109 Å². The van der Waals surface area contributed by atoms with E-state index in [2.05, 4.69) is 11.0 Å². The van der Waals surface area contributed by atoms with Gasteiger partial charge in [-0.2, -0.15) is 0 Å². The minimum atomic E-state index is 0.682. The molecule has 0 aliphatic carbocycles. The number of nitrogens with zero attached hydrogens (tertiary/aromatic N) is 1. The Morgan fingerprint density at radius 1 is 1.12 bits per heavy atom. The topological polar surface area (TPSA) is 29.3 Å². The van der Waals surface area contributed by atoms with Gasteiger partial charge in [0, 0.05) is 13.1 Å². The molecule has 0 unspecified atom stereocenters. The third-order valence-electron chi connectivity index (χ3n) is 3.41. The van der Waals surface area contributed by atoms with Crippen molar-refractivity contribution in [2.75, 3.05) is 24.5 Å². The standard InChI is InChI=1S/C14H21ClN2/c15-13-7-5-6-12(8-9-16)14(13)17-10-3-1-2-4-11-17/h5-7H,1-4,8-11,16H2. The van der Waals surface area contributed by atoms with E-state index < -0.39 is 0 Å². The molecule has 17 heavy (non-hydrogen) atoms. The van der Waals surface area contributed by atoms with Crippen LogP contribution in [0, 0.1) is 0 Å². The third-order valence-corrected chi connectivity index (χ3v) is 3.71. The summed E-state index contributed by atoms with van der Waals surface area (Å²) in [6, 6.07) is 6.16. The van der Waals surface area contributed by atoms with Gasteiger partial charge in [-0.1, -0.05) is 36.6 Å². The Kier molecular flexibility index (Phi) is 4.69. The van der Waals surface area contributed by atoms with Crippen molar-refractivity contribution in [1.82, 2.24) is 0 Å². The zero-order valence-corrected chi connectivity index (χ0v) is 11.0. The summed E-state index contributed by atoms with van der Waals surface area (Å²) in [5.74, 6) is 0. The molecule has 0 radical (unpaired) electrons. The van der Waals surface area contributed by atoms with Crippen molar-refractivity contribution in [3.63, 3.8) is 0 Å². The molecule has 0 amide bonds. The number of halogens is 1. The van der Waals surface area contributed by atoms with E-state index in [1.54, 1.807) is 0 Å². The Morgan fingerprint density at radius 3 is 2.47 bits per heavy atom. The summed E-state index contributed by atoms with van der Waals surface area (Å²) in [4.78, 5) is 2.44. The van der Waals surface area contributed by atoms with Crippen LogP contribution in [0.1, 0.15) is 31.2 Å². The van der Waals surface area contributed by atoms with Gasteiger partial charge in [0.25, 0.3) is 0 Å². The van der Waals surface area contributed by atoms with Crippen LogP contribution in [0.15, 0.2) is 18.2 Å². The van der Waals surface area contributed by atoms with Crippen LogP contribution in [0.2, 0.25) is 5.02 Å². The molecule has 1 aromatic carbocycles. The molecule has 0 saturated carbocycles. The van der Waals surface area contributed by atoms with Crippen LogP contribution in [0.4, 0.5) is 5.69 Å². The van der Waals surface area contributed by atoms with Crippen LogP contribution >= 0.6 is 11.6 Å². The molecule has 2 N–H and O–H groups in total. The lowest BCUT2D eigenvalue weighted by Crippen LogP contribution is -2.25. The fourth-order valence-corrected chi connectivity index (χ4v) is 2.88. The fraction of sp³-hybridized carbons (Fsp3) is 0.571. The summed E-state index contributed by atoms with van der Waals surface area (Å²) in [5.41, 5.74) is 8.20. The number of hydrogen-bond acceptors (Lipinski definition) is 2. The first-order valence-electron chi connectivity index (χ1n) is 6.55. The van der Waals surface area contributed by atoms with Crippen molar-refractivity contribution in [1.29, 1.82) is 0 Å². The smallest absolute Gasteiger partial charge is 0.0642 e. The highest BCUT2D eigenvalue weighted by atomic mass is 35.5. The molecule has 0 aromatic heterocycles. The van der Waals surface area contributed by atoms with Crippen molar-refractivity contribution in [2.45, 2.75) is 32.1 Å². The molecule has 2 rings (SSSR count). The molecular formula is C14H21ClN2. The van der Waals surface area contributed by atoms with Gasteiger partial charge in [0.1, 0.15) is 0 Å². The van der Waals surface area contributed by atoms with Crippen LogP contribution in [0.5, 0.6) is 0 Å². The number of anilines is 1. The van der Waals surface area contributed by atoms with Crippen LogP contribution < -0.4 is 10.6 Å². The van der Waals surface area contributed by atoms with Crippen LogP contribution in [0.25, 0.3) is 0 Å². The highest BCUT2D eigenvalue weighted by Crippen LogP contribution is 2.31. The number of para-hydroxylation sites is 1. The molecule has 1 fully saturated rings. The molecule has 1 aromatic rings. The Bertz CT molecular complexity index is 357. The number of nitrogens with two attached hydrogens (primary N) is 1. The lowest BCUT2D eigenvalue weighted by atomic mass is 10.1. The zero-order chi connectivity index (χ0) is 12.1. The molecule has 1 heterocycles. The number of benzene rings is 1. The number of hydrogen-bond donors (Lipinski definition) is 1.